The molecule has 1 fully saturated rings. The Morgan fingerprint density at radius 1 is 0.500 bits per heavy atom. The molecule has 4 aromatic rings. The average molecular weight is 882 g/mol. The van der Waals surface area contributed by atoms with E-state index in [0.29, 0.717) is 58.9 Å². The smallest absolute Gasteiger partial charge is 0.234 e. The third-order valence-corrected chi connectivity index (χ3v) is 13.0. The molecule has 4 N–H and O–H groups in total. The highest BCUT2D eigenvalue weighted by Gasteiger charge is 2.23. The molecular weight excluding hydrogens is 819 g/mol. The molecule has 1 aliphatic rings. The summed E-state index contributed by atoms with van der Waals surface area (Å²) in [7, 11) is 3.22. The predicted molar refractivity (Wildman–Crippen MR) is 250 cm³/mol. The molecule has 0 radical (unpaired) electrons. The van der Waals surface area contributed by atoms with Crippen molar-refractivity contribution in [1.29, 1.82) is 0 Å². The molecule has 1 aromatic heterocycles. The summed E-state index contributed by atoms with van der Waals surface area (Å²) in [5.41, 5.74) is 3.07. The van der Waals surface area contributed by atoms with Gasteiger partial charge in [-0.15, -0.1) is 0 Å². The van der Waals surface area contributed by atoms with Crippen LogP contribution >= 0.6 is 21.6 Å². The molecule has 13 nitrogen and oxygen atoms in total. The van der Waals surface area contributed by atoms with Crippen molar-refractivity contribution in [2.24, 2.45) is 0 Å². The highest BCUT2D eigenvalue weighted by molar-refractivity contribution is 8.76. The van der Waals surface area contributed by atoms with E-state index in [2.05, 4.69) is 45.9 Å². The lowest BCUT2D eigenvalue weighted by molar-refractivity contribution is -0.125. The number of benzene rings is 3. The van der Waals surface area contributed by atoms with Crippen molar-refractivity contribution in [1.82, 2.24) is 45.9 Å². The maximum Gasteiger partial charge on any atom is 0.234 e. The van der Waals surface area contributed by atoms with Gasteiger partial charge in [0.2, 0.25) is 23.6 Å². The van der Waals surface area contributed by atoms with Gasteiger partial charge in [0.1, 0.15) is 5.03 Å². The van der Waals surface area contributed by atoms with E-state index < -0.39 is 0 Å². The van der Waals surface area contributed by atoms with Crippen molar-refractivity contribution < 1.29 is 19.2 Å². The second-order valence-electron chi connectivity index (χ2n) is 15.6. The molecular formula is C47H63N9O4S2. The zero-order valence-corrected chi connectivity index (χ0v) is 37.9. The van der Waals surface area contributed by atoms with Gasteiger partial charge in [0.15, 0.2) is 0 Å². The molecule has 62 heavy (non-hydrogen) atoms. The number of hydrogen-bond donors (Lipinski definition) is 4. The minimum Gasteiger partial charge on any atom is -0.354 e. The molecule has 1 saturated heterocycles. The van der Waals surface area contributed by atoms with Crippen LogP contribution in [0.2, 0.25) is 0 Å². The number of aromatic nitrogens is 1. The lowest BCUT2D eigenvalue weighted by atomic mass is 10.1. The van der Waals surface area contributed by atoms with Gasteiger partial charge in [-0.3, -0.25) is 38.8 Å². The standard InChI is InChI=1S/C47H63N9O4S2/c1-37(40-15-7-4-8-16-40)50-44(58)34-54-26-24-53(33-43(57)48-23-32-61-62-47-21-13-14-22-49-47)25-27-55(35-45(59)51-38(2)41-17-9-5-10-18-41)29-31-56(30-28-54)36-46(60)52-39(3)42-19-11-6-12-20-42/h4-22,37-39H,23-36H2,1-3H3,(H,48,57)(H,50,58)(H,51,59)(H,52,60)/t37-,38-,39-/m0/s1. The predicted octanol–water partition coefficient (Wildman–Crippen LogP) is 4.79. The van der Waals surface area contributed by atoms with E-state index in [1.54, 1.807) is 27.8 Å². The van der Waals surface area contributed by atoms with E-state index in [-0.39, 0.29) is 67.9 Å². The van der Waals surface area contributed by atoms with Gasteiger partial charge in [-0.2, -0.15) is 0 Å². The van der Waals surface area contributed by atoms with Crippen molar-refractivity contribution in [3.05, 3.63) is 132 Å². The minimum absolute atomic E-state index is 0.0793. The van der Waals surface area contributed by atoms with E-state index in [9.17, 15) is 19.2 Å². The van der Waals surface area contributed by atoms with Crippen LogP contribution in [0.4, 0.5) is 0 Å². The van der Waals surface area contributed by atoms with E-state index in [1.807, 2.05) is 130 Å². The van der Waals surface area contributed by atoms with Crippen LogP contribution < -0.4 is 21.3 Å². The van der Waals surface area contributed by atoms with Crippen LogP contribution in [-0.4, -0.2) is 139 Å². The Morgan fingerprint density at radius 2 is 0.839 bits per heavy atom. The Bertz CT molecular complexity index is 1860. The van der Waals surface area contributed by atoms with Crippen molar-refractivity contribution in [2.75, 3.05) is 90.8 Å². The summed E-state index contributed by atoms with van der Waals surface area (Å²) in [6, 6.07) is 34.9. The second kappa shape index (κ2) is 26.6. The van der Waals surface area contributed by atoms with Crippen molar-refractivity contribution in [2.45, 2.75) is 43.9 Å². The first kappa shape index (κ1) is 48.3. The minimum atomic E-state index is -0.165. The molecule has 1 aliphatic heterocycles. The summed E-state index contributed by atoms with van der Waals surface area (Å²) >= 11 is 0. The number of pyridine rings is 1. The molecule has 3 aromatic carbocycles. The van der Waals surface area contributed by atoms with Crippen LogP contribution in [0, 0.1) is 0 Å². The van der Waals surface area contributed by atoms with Crippen LogP contribution in [0.3, 0.4) is 0 Å². The zero-order valence-electron chi connectivity index (χ0n) is 36.3. The maximum absolute atomic E-state index is 13.6. The Balaban J connectivity index is 1.27. The van der Waals surface area contributed by atoms with Gasteiger partial charge >= 0.3 is 0 Å². The Morgan fingerprint density at radius 3 is 1.18 bits per heavy atom. The number of amides is 4. The van der Waals surface area contributed by atoms with Crippen LogP contribution in [0.5, 0.6) is 0 Å². The molecule has 2 heterocycles. The molecule has 0 saturated carbocycles. The normalized spacial score (nSPS) is 16.4. The van der Waals surface area contributed by atoms with Gasteiger partial charge in [0.05, 0.1) is 44.3 Å². The van der Waals surface area contributed by atoms with E-state index in [4.69, 9.17) is 0 Å². The van der Waals surface area contributed by atoms with Gasteiger partial charge in [-0.25, -0.2) is 4.98 Å². The van der Waals surface area contributed by atoms with Crippen molar-refractivity contribution >= 4 is 45.2 Å². The Labute approximate surface area is 375 Å². The monoisotopic (exact) mass is 881 g/mol. The fourth-order valence-electron chi connectivity index (χ4n) is 7.15. The highest BCUT2D eigenvalue weighted by atomic mass is 33.1. The van der Waals surface area contributed by atoms with Crippen LogP contribution in [0.25, 0.3) is 0 Å². The first-order chi connectivity index (χ1) is 30.1. The molecule has 0 spiro atoms. The number of carbonyl (C=O) groups excluding carboxylic acids is 4. The van der Waals surface area contributed by atoms with Gasteiger partial charge in [0, 0.05) is 70.9 Å². The van der Waals surface area contributed by atoms with E-state index in [0.717, 1.165) is 27.5 Å². The van der Waals surface area contributed by atoms with Gasteiger partial charge in [-0.1, -0.05) is 108 Å². The molecule has 332 valence electrons. The molecule has 0 unspecified atom stereocenters. The van der Waals surface area contributed by atoms with Gasteiger partial charge in [0.25, 0.3) is 0 Å². The number of nitrogens with one attached hydrogen (secondary N) is 4. The summed E-state index contributed by atoms with van der Waals surface area (Å²) in [6.07, 6.45) is 1.77. The molecule has 3 atom stereocenters. The third kappa shape index (κ3) is 17.9. The first-order valence-electron chi connectivity index (χ1n) is 21.5. The van der Waals surface area contributed by atoms with E-state index >= 15 is 0 Å². The number of hydrogen-bond acceptors (Lipinski definition) is 11. The molecule has 5 rings (SSSR count). The van der Waals surface area contributed by atoms with Crippen LogP contribution in [-0.2, 0) is 19.2 Å². The highest BCUT2D eigenvalue weighted by Crippen LogP contribution is 2.28. The Hall–Kier alpha value is -4.77. The van der Waals surface area contributed by atoms with Gasteiger partial charge < -0.3 is 21.3 Å². The zero-order chi connectivity index (χ0) is 43.9. The van der Waals surface area contributed by atoms with Crippen LogP contribution in [0.15, 0.2) is 120 Å². The lowest BCUT2D eigenvalue weighted by Gasteiger charge is -2.34. The van der Waals surface area contributed by atoms with Gasteiger partial charge in [-0.05, 0) is 60.4 Å². The second-order valence-corrected chi connectivity index (χ2v) is 18.1. The van der Waals surface area contributed by atoms with Crippen molar-refractivity contribution in [3.63, 3.8) is 0 Å². The topological polar surface area (TPSA) is 142 Å². The van der Waals surface area contributed by atoms with Crippen LogP contribution in [0.1, 0.15) is 55.6 Å². The SMILES string of the molecule is C[C@H](NC(=O)CN1CCN(CC(=O)NCCSSc2ccccn2)CCN(CC(=O)N[C@@H](C)c2ccccc2)CCN(CC(=O)N[C@@H](C)c2ccccc2)CC1)c1ccccc1. The van der Waals surface area contributed by atoms with Crippen molar-refractivity contribution in [3.8, 4) is 0 Å². The summed E-state index contributed by atoms with van der Waals surface area (Å²) < 4.78 is 0. The first-order valence-corrected chi connectivity index (χ1v) is 23.8. The number of carbonyl (C=O) groups is 4. The molecule has 4 amide bonds. The summed E-state index contributed by atoms with van der Waals surface area (Å²) in [4.78, 5) is 66.8. The number of nitrogens with zero attached hydrogens (tertiary/aromatic N) is 5. The molecule has 0 aliphatic carbocycles. The van der Waals surface area contributed by atoms with E-state index in [1.165, 1.54) is 0 Å². The largest absolute Gasteiger partial charge is 0.354 e. The summed E-state index contributed by atoms with van der Waals surface area (Å²) in [5, 5.41) is 13.5. The Kier molecular flexibility index (Phi) is 20.7. The molecule has 0 bridgehead atoms. The third-order valence-electron chi connectivity index (χ3n) is 10.7. The lowest BCUT2D eigenvalue weighted by Crippen LogP contribution is -2.51. The quantitative estimate of drug-likeness (QED) is 0.0764. The maximum atomic E-state index is 13.6. The fourth-order valence-corrected chi connectivity index (χ4v) is 8.93. The summed E-state index contributed by atoms with van der Waals surface area (Å²) in [6.45, 7) is 11.3. The molecule has 15 heteroatoms. The average Bonchev–Trinajstić information content (AvgIpc) is 3.28. The number of rotatable bonds is 19. The summed E-state index contributed by atoms with van der Waals surface area (Å²) in [5.74, 6) is 0.357. The fraction of sp³-hybridized carbons (Fsp3) is 0.426.